The zero-order valence-corrected chi connectivity index (χ0v) is 10.5. The van der Waals surface area contributed by atoms with Crippen LogP contribution in [0.3, 0.4) is 0 Å². The van der Waals surface area contributed by atoms with E-state index in [1.807, 2.05) is 32.0 Å². The van der Waals surface area contributed by atoms with Crippen molar-refractivity contribution >= 4 is 5.91 Å². The maximum atomic E-state index is 12.3. The Bertz CT molecular complexity index is 493. The van der Waals surface area contributed by atoms with Gasteiger partial charge in [-0.3, -0.25) is 14.9 Å². The Morgan fingerprint density at radius 3 is 2.83 bits per heavy atom. The third-order valence-electron chi connectivity index (χ3n) is 2.69. The molecule has 0 bridgehead atoms. The highest BCUT2D eigenvalue weighted by atomic mass is 16.2. The number of pyridine rings is 1. The molecule has 1 N–H and O–H groups in total. The summed E-state index contributed by atoms with van der Waals surface area (Å²) in [4.78, 5) is 18.3. The minimum atomic E-state index is -0.0376. The second-order valence-corrected chi connectivity index (χ2v) is 4.33. The maximum absolute atomic E-state index is 12.3. The van der Waals surface area contributed by atoms with Crippen molar-refractivity contribution in [3.63, 3.8) is 0 Å². The Balaban J connectivity index is 2.17. The fourth-order valence-corrected chi connectivity index (χ4v) is 1.69. The maximum Gasteiger partial charge on any atom is 0.257 e. The van der Waals surface area contributed by atoms with Crippen LogP contribution in [0.2, 0.25) is 0 Å². The van der Waals surface area contributed by atoms with Crippen LogP contribution in [0.25, 0.3) is 0 Å². The minimum absolute atomic E-state index is 0.0376. The van der Waals surface area contributed by atoms with Gasteiger partial charge in [0.25, 0.3) is 5.91 Å². The quantitative estimate of drug-likeness (QED) is 0.892. The van der Waals surface area contributed by atoms with Crippen LogP contribution in [0.5, 0.6) is 0 Å². The highest BCUT2D eigenvalue weighted by Gasteiger charge is 2.20. The first-order chi connectivity index (χ1) is 8.68. The third-order valence-corrected chi connectivity index (χ3v) is 2.69. The largest absolute Gasteiger partial charge is 0.330 e. The van der Waals surface area contributed by atoms with Crippen LogP contribution in [0.15, 0.2) is 36.8 Å². The molecule has 0 aromatic carbocycles. The van der Waals surface area contributed by atoms with Gasteiger partial charge in [0.15, 0.2) is 0 Å². The van der Waals surface area contributed by atoms with Crippen molar-refractivity contribution in [1.29, 1.82) is 0 Å². The van der Waals surface area contributed by atoms with Gasteiger partial charge in [-0.05, 0) is 26.0 Å². The molecule has 0 aliphatic heterocycles. The molecule has 5 heteroatoms. The SMILES string of the molecule is CC(C)N(Cc1ccccn1)C(=O)c1cn[nH]c1. The predicted molar refractivity (Wildman–Crippen MR) is 67.8 cm³/mol. The van der Waals surface area contributed by atoms with Gasteiger partial charge in [-0.1, -0.05) is 6.07 Å². The number of amides is 1. The van der Waals surface area contributed by atoms with E-state index in [4.69, 9.17) is 0 Å². The lowest BCUT2D eigenvalue weighted by Crippen LogP contribution is -2.36. The van der Waals surface area contributed by atoms with Gasteiger partial charge in [0.05, 0.1) is 24.0 Å². The number of carbonyl (C=O) groups excluding carboxylic acids is 1. The number of nitrogens with zero attached hydrogens (tertiary/aromatic N) is 3. The van der Waals surface area contributed by atoms with Crippen molar-refractivity contribution < 1.29 is 4.79 Å². The molecular formula is C13H16N4O. The average Bonchev–Trinajstić information content (AvgIpc) is 2.90. The summed E-state index contributed by atoms with van der Waals surface area (Å²) in [5, 5.41) is 6.46. The Kier molecular flexibility index (Phi) is 3.72. The van der Waals surface area contributed by atoms with Crippen molar-refractivity contribution in [2.24, 2.45) is 0 Å². The van der Waals surface area contributed by atoms with E-state index in [1.54, 1.807) is 17.3 Å². The lowest BCUT2D eigenvalue weighted by molar-refractivity contribution is 0.0688. The monoisotopic (exact) mass is 244 g/mol. The van der Waals surface area contributed by atoms with E-state index in [-0.39, 0.29) is 11.9 Å². The molecule has 18 heavy (non-hydrogen) atoms. The minimum Gasteiger partial charge on any atom is -0.330 e. The Morgan fingerprint density at radius 2 is 2.28 bits per heavy atom. The molecule has 0 saturated heterocycles. The molecule has 0 fully saturated rings. The van der Waals surface area contributed by atoms with Crippen molar-refractivity contribution in [3.05, 3.63) is 48.0 Å². The Hall–Kier alpha value is -2.17. The van der Waals surface area contributed by atoms with E-state index in [9.17, 15) is 4.79 Å². The highest BCUT2D eigenvalue weighted by Crippen LogP contribution is 2.11. The Morgan fingerprint density at radius 1 is 1.44 bits per heavy atom. The molecule has 2 aromatic heterocycles. The molecule has 0 spiro atoms. The fourth-order valence-electron chi connectivity index (χ4n) is 1.69. The van der Waals surface area contributed by atoms with Crippen molar-refractivity contribution in [2.45, 2.75) is 26.4 Å². The molecule has 0 atom stereocenters. The van der Waals surface area contributed by atoms with Crippen LogP contribution in [0.1, 0.15) is 29.9 Å². The lowest BCUT2D eigenvalue weighted by Gasteiger charge is -2.25. The van der Waals surface area contributed by atoms with Gasteiger partial charge in [0, 0.05) is 18.4 Å². The number of hydrogen-bond acceptors (Lipinski definition) is 3. The van der Waals surface area contributed by atoms with Crippen LogP contribution < -0.4 is 0 Å². The molecule has 2 aromatic rings. The zero-order chi connectivity index (χ0) is 13.0. The average molecular weight is 244 g/mol. The number of rotatable bonds is 4. The first-order valence-electron chi connectivity index (χ1n) is 5.88. The number of hydrogen-bond donors (Lipinski definition) is 1. The summed E-state index contributed by atoms with van der Waals surface area (Å²) in [7, 11) is 0. The molecule has 94 valence electrons. The molecule has 0 radical (unpaired) electrons. The molecule has 1 amide bonds. The first-order valence-corrected chi connectivity index (χ1v) is 5.88. The van der Waals surface area contributed by atoms with E-state index in [1.165, 1.54) is 6.20 Å². The first kappa shape index (κ1) is 12.3. The second kappa shape index (κ2) is 5.44. The second-order valence-electron chi connectivity index (χ2n) is 4.33. The summed E-state index contributed by atoms with van der Waals surface area (Å²) >= 11 is 0. The highest BCUT2D eigenvalue weighted by molar-refractivity contribution is 5.93. The number of nitrogens with one attached hydrogen (secondary N) is 1. The topological polar surface area (TPSA) is 61.9 Å². The molecule has 2 heterocycles. The predicted octanol–water partition coefficient (Wildman–Crippen LogP) is 1.86. The molecular weight excluding hydrogens is 228 g/mol. The van der Waals surface area contributed by atoms with E-state index >= 15 is 0 Å². The molecule has 0 aliphatic rings. The summed E-state index contributed by atoms with van der Waals surface area (Å²) in [6.45, 7) is 4.48. The van der Waals surface area contributed by atoms with Gasteiger partial charge in [-0.2, -0.15) is 5.10 Å². The molecule has 5 nitrogen and oxygen atoms in total. The van der Waals surface area contributed by atoms with Crippen LogP contribution in [0, 0.1) is 0 Å². The summed E-state index contributed by atoms with van der Waals surface area (Å²) in [5.74, 6) is -0.0376. The summed E-state index contributed by atoms with van der Waals surface area (Å²) in [5.41, 5.74) is 1.45. The van der Waals surface area contributed by atoms with Crippen molar-refractivity contribution in [2.75, 3.05) is 0 Å². The van der Waals surface area contributed by atoms with Crippen LogP contribution in [0.4, 0.5) is 0 Å². The summed E-state index contributed by atoms with van der Waals surface area (Å²) in [6.07, 6.45) is 4.88. The van der Waals surface area contributed by atoms with Crippen molar-refractivity contribution in [3.8, 4) is 0 Å². The summed E-state index contributed by atoms with van der Waals surface area (Å²) < 4.78 is 0. The number of aromatic amines is 1. The molecule has 0 unspecified atom stereocenters. The molecule has 2 rings (SSSR count). The van der Waals surface area contributed by atoms with Gasteiger partial charge in [-0.25, -0.2) is 0 Å². The van der Waals surface area contributed by atoms with Crippen LogP contribution in [-0.4, -0.2) is 32.0 Å². The summed E-state index contributed by atoms with van der Waals surface area (Å²) in [6, 6.07) is 5.80. The number of aromatic nitrogens is 3. The molecule has 0 saturated carbocycles. The van der Waals surface area contributed by atoms with E-state index in [2.05, 4.69) is 15.2 Å². The number of H-pyrrole nitrogens is 1. The number of carbonyl (C=O) groups is 1. The van der Waals surface area contributed by atoms with E-state index < -0.39 is 0 Å². The standard InChI is InChI=1S/C13H16N4O/c1-10(2)17(9-12-5-3-4-6-14-12)13(18)11-7-15-16-8-11/h3-8,10H,9H2,1-2H3,(H,15,16). The lowest BCUT2D eigenvalue weighted by atomic mass is 10.2. The van der Waals surface area contributed by atoms with Gasteiger partial charge < -0.3 is 4.90 Å². The smallest absolute Gasteiger partial charge is 0.257 e. The normalized spacial score (nSPS) is 10.6. The fraction of sp³-hybridized carbons (Fsp3) is 0.308. The van der Waals surface area contributed by atoms with Crippen LogP contribution >= 0.6 is 0 Å². The van der Waals surface area contributed by atoms with Gasteiger partial charge in [-0.15, -0.1) is 0 Å². The van der Waals surface area contributed by atoms with Crippen molar-refractivity contribution in [1.82, 2.24) is 20.1 Å². The van der Waals surface area contributed by atoms with E-state index in [0.717, 1.165) is 5.69 Å². The van der Waals surface area contributed by atoms with Crippen LogP contribution in [-0.2, 0) is 6.54 Å². The Labute approximate surface area is 106 Å². The zero-order valence-electron chi connectivity index (χ0n) is 10.5. The third kappa shape index (κ3) is 2.74. The molecule has 0 aliphatic carbocycles. The van der Waals surface area contributed by atoms with Gasteiger partial charge in [0.1, 0.15) is 0 Å². The van der Waals surface area contributed by atoms with Gasteiger partial charge >= 0.3 is 0 Å². The van der Waals surface area contributed by atoms with Gasteiger partial charge in [0.2, 0.25) is 0 Å². The van der Waals surface area contributed by atoms with E-state index in [0.29, 0.717) is 12.1 Å².